The summed E-state index contributed by atoms with van der Waals surface area (Å²) in [5.41, 5.74) is -1.44. The molecule has 2 rings (SSSR count). The zero-order chi connectivity index (χ0) is 23.5. The van der Waals surface area contributed by atoms with Crippen molar-refractivity contribution in [3.05, 3.63) is 51.7 Å². The Balaban J connectivity index is 1.97. The van der Waals surface area contributed by atoms with Gasteiger partial charge in [-0.05, 0) is 79.9 Å². The number of rotatable bonds is 6. The van der Waals surface area contributed by atoms with E-state index in [9.17, 15) is 31.9 Å². The molecule has 14 heteroatoms. The van der Waals surface area contributed by atoms with Crippen LogP contribution in [0.5, 0.6) is 5.75 Å². The lowest BCUT2D eigenvalue weighted by Crippen LogP contribution is -2.19. The van der Waals surface area contributed by atoms with Gasteiger partial charge in [-0.1, -0.05) is 0 Å². The van der Waals surface area contributed by atoms with E-state index in [1.165, 1.54) is 0 Å². The Morgan fingerprint density at radius 3 is 1.94 bits per heavy atom. The van der Waals surface area contributed by atoms with Gasteiger partial charge >= 0.3 is 18.0 Å². The highest BCUT2D eigenvalue weighted by molar-refractivity contribution is 14.1. The molecule has 166 valence electrons. The first-order valence-electron chi connectivity index (χ1n) is 7.82. The Morgan fingerprint density at radius 1 is 0.935 bits per heavy atom. The van der Waals surface area contributed by atoms with E-state index in [1.807, 2.05) is 0 Å². The second kappa shape index (κ2) is 10.9. The van der Waals surface area contributed by atoms with Crippen LogP contribution in [0.4, 0.5) is 28.0 Å². The summed E-state index contributed by atoms with van der Waals surface area (Å²) in [5.74, 6) is -14.2. The van der Waals surface area contributed by atoms with Gasteiger partial charge in [0.15, 0.2) is 11.6 Å². The van der Waals surface area contributed by atoms with Crippen LogP contribution in [-0.4, -0.2) is 29.7 Å². The molecular weight excluding hydrogens is 771 g/mol. The minimum absolute atomic E-state index is 0.426. The number of halogens is 7. The Morgan fingerprint density at radius 2 is 1.45 bits per heavy atom. The van der Waals surface area contributed by atoms with Crippen LogP contribution in [0.25, 0.3) is 0 Å². The van der Waals surface area contributed by atoms with Crippen molar-refractivity contribution in [1.29, 1.82) is 0 Å². The van der Waals surface area contributed by atoms with E-state index >= 15 is 0 Å². The van der Waals surface area contributed by atoms with Gasteiger partial charge in [-0.3, -0.25) is 10.1 Å². The third kappa shape index (κ3) is 6.30. The molecular formula is C17H8F4I3NO6. The molecule has 0 radical (unpaired) electrons. The summed E-state index contributed by atoms with van der Waals surface area (Å²) in [6.07, 6.45) is -1.64. The Hall–Kier alpha value is -1.44. The van der Waals surface area contributed by atoms with E-state index in [2.05, 4.69) is 77.8 Å². The second-order valence-electron chi connectivity index (χ2n) is 5.50. The third-order valence-electron chi connectivity index (χ3n) is 3.42. The number of ether oxygens (including phenoxy) is 2. The van der Waals surface area contributed by atoms with E-state index in [0.717, 1.165) is 10.7 Å². The monoisotopic (exact) mass is 779 g/mol. The fraction of sp³-hybridized carbons (Fsp3) is 0.118. The number of carbonyl (C=O) groups is 3. The van der Waals surface area contributed by atoms with Gasteiger partial charge in [0.05, 0.1) is 6.42 Å². The minimum Gasteiger partial charge on any atom is -0.477 e. The summed E-state index contributed by atoms with van der Waals surface area (Å²) >= 11 is 6.28. The van der Waals surface area contributed by atoms with Crippen LogP contribution in [0.1, 0.15) is 16.8 Å². The predicted octanol–water partition coefficient (Wildman–Crippen LogP) is 5.30. The molecule has 0 aliphatic carbocycles. The summed E-state index contributed by atoms with van der Waals surface area (Å²) in [6.45, 7) is -0.579. The molecule has 0 aromatic heterocycles. The Labute approximate surface area is 212 Å². The zero-order valence-corrected chi connectivity index (χ0v) is 21.2. The number of hydrogen-bond acceptors (Lipinski definition) is 5. The van der Waals surface area contributed by atoms with Gasteiger partial charge < -0.3 is 14.6 Å². The standard InChI is InChI=1S/C17H8F4I3NO6/c18-10-9(16(27)28)11(19)13(21)15(12(10)20)31-8(26)1-2-30-17(29)25-5-3-6(22)14(24)7(23)4-5/h3-4H,1-2H2,(H,25,29)(H,27,28). The summed E-state index contributed by atoms with van der Waals surface area (Å²) in [7, 11) is 0. The number of amides is 1. The van der Waals surface area contributed by atoms with E-state index in [4.69, 9.17) is 9.84 Å². The number of carboxylic acid groups (broad SMARTS) is 1. The number of nitrogens with one attached hydrogen (secondary N) is 1. The number of benzene rings is 2. The normalized spacial score (nSPS) is 10.5. The fourth-order valence-corrected chi connectivity index (χ4v) is 4.14. The SMILES string of the molecule is O=C(CCOC(=O)Nc1cc(I)c(I)c(I)c1)Oc1c(F)c(F)c(C(=O)O)c(F)c1F. The number of carbonyl (C=O) groups excluding carboxylic acids is 2. The highest BCUT2D eigenvalue weighted by Crippen LogP contribution is 2.30. The van der Waals surface area contributed by atoms with Crippen molar-refractivity contribution in [3.63, 3.8) is 0 Å². The molecule has 1 amide bonds. The quantitative estimate of drug-likeness (QED) is 0.103. The number of hydrogen-bond donors (Lipinski definition) is 2. The molecule has 7 nitrogen and oxygen atoms in total. The average Bonchev–Trinajstić information content (AvgIpc) is 2.67. The first-order valence-corrected chi connectivity index (χ1v) is 11.1. The summed E-state index contributed by atoms with van der Waals surface area (Å²) in [6, 6.07) is 3.35. The van der Waals surface area contributed by atoms with Gasteiger partial charge in [0.25, 0.3) is 0 Å². The summed E-state index contributed by atoms with van der Waals surface area (Å²) in [4.78, 5) is 34.2. The smallest absolute Gasteiger partial charge is 0.411 e. The van der Waals surface area contributed by atoms with Gasteiger partial charge in [-0.25, -0.2) is 18.4 Å². The second-order valence-corrected chi connectivity index (χ2v) is 8.91. The van der Waals surface area contributed by atoms with Crippen LogP contribution in [0.3, 0.4) is 0 Å². The highest BCUT2D eigenvalue weighted by Gasteiger charge is 2.31. The van der Waals surface area contributed by atoms with Crippen molar-refractivity contribution in [2.24, 2.45) is 0 Å². The van der Waals surface area contributed by atoms with Crippen molar-refractivity contribution in [2.45, 2.75) is 6.42 Å². The lowest BCUT2D eigenvalue weighted by Gasteiger charge is -2.11. The van der Waals surface area contributed by atoms with Crippen LogP contribution < -0.4 is 10.1 Å². The maximum atomic E-state index is 13.8. The van der Waals surface area contributed by atoms with Crippen molar-refractivity contribution >= 4 is 91.5 Å². The number of esters is 1. The molecule has 2 aromatic rings. The van der Waals surface area contributed by atoms with Gasteiger partial charge in [0.2, 0.25) is 17.4 Å². The van der Waals surface area contributed by atoms with Gasteiger partial charge in [-0.15, -0.1) is 0 Å². The average molecular weight is 779 g/mol. The molecule has 31 heavy (non-hydrogen) atoms. The summed E-state index contributed by atoms with van der Waals surface area (Å²) < 4.78 is 66.6. The fourth-order valence-electron chi connectivity index (χ4n) is 2.06. The third-order valence-corrected chi connectivity index (χ3v) is 8.35. The van der Waals surface area contributed by atoms with Gasteiger partial charge in [-0.2, -0.15) is 8.78 Å². The zero-order valence-electron chi connectivity index (χ0n) is 14.7. The molecule has 0 fully saturated rings. The van der Waals surface area contributed by atoms with E-state index < -0.39 is 65.6 Å². The van der Waals surface area contributed by atoms with Crippen LogP contribution in [0.2, 0.25) is 0 Å². The molecule has 0 aliphatic rings. The molecule has 0 aliphatic heterocycles. The lowest BCUT2D eigenvalue weighted by atomic mass is 10.1. The largest absolute Gasteiger partial charge is 0.477 e. The predicted molar refractivity (Wildman–Crippen MR) is 123 cm³/mol. The topological polar surface area (TPSA) is 102 Å². The molecule has 0 saturated carbocycles. The molecule has 0 unspecified atom stereocenters. The highest BCUT2D eigenvalue weighted by atomic mass is 127. The van der Waals surface area contributed by atoms with Crippen LogP contribution in [-0.2, 0) is 9.53 Å². The molecule has 0 bridgehead atoms. The van der Waals surface area contributed by atoms with Crippen molar-refractivity contribution < 1.29 is 46.5 Å². The van der Waals surface area contributed by atoms with Gasteiger partial charge in [0.1, 0.15) is 12.2 Å². The maximum absolute atomic E-state index is 13.8. The Kier molecular flexibility index (Phi) is 9.10. The van der Waals surface area contributed by atoms with E-state index in [0.29, 0.717) is 5.69 Å². The van der Waals surface area contributed by atoms with E-state index in [1.54, 1.807) is 12.1 Å². The maximum Gasteiger partial charge on any atom is 0.411 e. The summed E-state index contributed by atoms with van der Waals surface area (Å²) in [5, 5.41) is 11.0. The van der Waals surface area contributed by atoms with Gasteiger partial charge in [0, 0.05) is 16.4 Å². The first kappa shape index (κ1) is 25.8. The number of carboxylic acids is 1. The lowest BCUT2D eigenvalue weighted by molar-refractivity contribution is -0.135. The Bertz CT molecular complexity index is 1030. The number of aromatic carboxylic acids is 1. The molecule has 0 heterocycles. The van der Waals surface area contributed by atoms with Crippen LogP contribution in [0.15, 0.2) is 12.1 Å². The van der Waals surface area contributed by atoms with Crippen molar-refractivity contribution in [1.82, 2.24) is 0 Å². The van der Waals surface area contributed by atoms with Crippen molar-refractivity contribution in [3.8, 4) is 5.75 Å². The minimum atomic E-state index is -2.25. The molecule has 0 spiro atoms. The molecule has 0 atom stereocenters. The number of anilines is 1. The molecule has 2 aromatic carbocycles. The first-order chi connectivity index (χ1) is 14.4. The van der Waals surface area contributed by atoms with Crippen molar-refractivity contribution in [2.75, 3.05) is 11.9 Å². The molecule has 2 N–H and O–H groups in total. The molecule has 0 saturated heterocycles. The van der Waals surface area contributed by atoms with Crippen LogP contribution >= 0.6 is 67.8 Å². The van der Waals surface area contributed by atoms with E-state index in [-0.39, 0.29) is 0 Å². The van der Waals surface area contributed by atoms with Crippen LogP contribution in [0, 0.1) is 34.0 Å².